The Morgan fingerprint density at radius 3 is 1.00 bits per heavy atom. The van der Waals surface area contributed by atoms with Crippen molar-refractivity contribution in [3.05, 3.63) is 103 Å². The van der Waals surface area contributed by atoms with Gasteiger partial charge in [-0.2, -0.15) is 0 Å². The van der Waals surface area contributed by atoms with Gasteiger partial charge in [-0.05, 0) is 116 Å². The summed E-state index contributed by atoms with van der Waals surface area (Å²) in [6, 6.07) is 8.73. The number of amides is 3. The molecule has 40 heteroatoms. The quantitative estimate of drug-likeness (QED) is 0.0131. The van der Waals surface area contributed by atoms with Crippen LogP contribution in [0, 0.1) is 11.8 Å². The molecule has 0 aliphatic carbocycles. The summed E-state index contributed by atoms with van der Waals surface area (Å²) in [5.74, 6) is -7.36. The summed E-state index contributed by atoms with van der Waals surface area (Å²) in [6.45, 7) is 20.1. The molecule has 720 valence electrons. The van der Waals surface area contributed by atoms with Gasteiger partial charge in [-0.15, -0.1) is 0 Å². The summed E-state index contributed by atoms with van der Waals surface area (Å²) in [4.78, 5) is 188. The van der Waals surface area contributed by atoms with E-state index in [-0.39, 0.29) is 82.0 Å². The smallest absolute Gasteiger partial charge is 0.347 e. The number of carbonyl (C=O) groups excluding carboxylic acids is 16. The Morgan fingerprint density at radius 2 is 0.692 bits per heavy atom. The van der Waals surface area contributed by atoms with E-state index in [1.165, 1.54) is 48.5 Å². The standard InChI is InChI=1S/C32H43NO12.C27H37NO11.C17H30N2O8.C14H13ClO4/c1-6-22-12-13-23(27-26(22)30(38)45-31(27)39)9-7-10-24(37)11-8-14-40-15-16-41-32-28(33-19(3)34)18(2)29(43-21(5)36)25(44-32)17-42-20(4)35;1-3-16-9-10-17(21-20(16)25(34)39-26(21)35)6-4-7-18(31)8-5-11-36-12-13-37-27-22(28-15(2)30)24(33)23(32)19(14-29)38-27;1-10-15(19-11(2)20)17(24-8-7-23-6-5-18)27-14(9-25-12(3)21)16(10)26-13(4)22;1-2-8-6-7-9(4-3-5-10(15)16)12-11(8)13(17)19-14(12)18/h12-13,18,25,28-29,32H,6-11,14-17H2,1-5H3,(H,33,34);9-10,19,22-24,27,29,32-33H,3-8,11-14H2,1-2H3,(H,28,30);10,14-17H,5-9,18H2,1-4H3,(H,19,20);6-7H,2-5H2,1H3. The lowest BCUT2D eigenvalue weighted by atomic mass is 9.88. The molecule has 3 aromatic carbocycles. The van der Waals surface area contributed by atoms with E-state index in [0.29, 0.717) is 174 Å². The second-order valence-corrected chi connectivity index (χ2v) is 31.8. The number of benzene rings is 3. The van der Waals surface area contributed by atoms with Gasteiger partial charge in [-0.1, -0.05) is 71.0 Å². The van der Waals surface area contributed by atoms with Crippen LogP contribution in [0.4, 0.5) is 0 Å². The van der Waals surface area contributed by atoms with Crippen molar-refractivity contribution in [3.63, 3.8) is 0 Å². The Morgan fingerprint density at radius 1 is 0.392 bits per heavy atom. The fraction of sp³-hybridized carbons (Fsp3) is 0.622. The summed E-state index contributed by atoms with van der Waals surface area (Å²) in [5, 5.41) is 37.3. The highest BCUT2D eigenvalue weighted by Gasteiger charge is 2.50. The molecular formula is C90H123ClN4O35. The fourth-order valence-corrected chi connectivity index (χ4v) is 15.5. The number of carbonyl (C=O) groups is 16. The number of aliphatic hydroxyl groups excluding tert-OH is 3. The molecule has 3 amide bonds. The van der Waals surface area contributed by atoms with Gasteiger partial charge in [0.1, 0.15) is 73.5 Å². The van der Waals surface area contributed by atoms with Crippen LogP contribution in [0.2, 0.25) is 0 Å². The first-order valence-electron chi connectivity index (χ1n) is 43.5. The maximum atomic E-state index is 12.4. The molecule has 0 aromatic heterocycles. The molecule has 15 atom stereocenters. The number of halogens is 1. The van der Waals surface area contributed by atoms with Gasteiger partial charge in [0.2, 0.25) is 23.0 Å². The van der Waals surface area contributed by atoms with Crippen molar-refractivity contribution in [2.45, 2.75) is 266 Å². The van der Waals surface area contributed by atoms with Crippen LogP contribution in [0.3, 0.4) is 0 Å². The number of esters is 10. The van der Waals surface area contributed by atoms with E-state index in [2.05, 4.69) is 20.7 Å². The number of nitrogens with two attached hydrogens (primary N) is 1. The first-order chi connectivity index (χ1) is 61.9. The highest BCUT2D eigenvalue weighted by atomic mass is 35.5. The summed E-state index contributed by atoms with van der Waals surface area (Å²) in [6.07, 6.45) is -2.10. The number of ether oxygens (including phenoxy) is 16. The second-order valence-electron chi connectivity index (χ2n) is 31.4. The van der Waals surface area contributed by atoms with Crippen molar-refractivity contribution < 1.29 is 168 Å². The molecule has 9 rings (SSSR count). The SMILES string of the molecule is CC(=O)NC1C(OCCOCCN)OC(COC(C)=O)C(OC(C)=O)C1C.CCc1ccc(CCCC(=O)CCCOCCOC2OC(CO)C(O)C(O)C2NC(C)=O)c2c1C(=O)OC2=O.CCc1ccc(CCCC(=O)CCCOCCOC2OC(COC(C)=O)C(OC(C)=O)C(C)C2NC(C)=O)c2c1C(=O)OC2=O.CCc1ccc(CCCC(=O)Cl)c2c1C(=O)OC2=O. The van der Waals surface area contributed by atoms with Crippen molar-refractivity contribution in [1.29, 1.82) is 0 Å². The molecule has 130 heavy (non-hydrogen) atoms. The number of aliphatic hydroxyl groups is 3. The van der Waals surface area contributed by atoms with E-state index in [9.17, 15) is 92.0 Å². The third-order valence-corrected chi connectivity index (χ3v) is 21.8. The molecule has 39 nitrogen and oxygen atoms in total. The lowest BCUT2D eigenvalue weighted by Crippen LogP contribution is -2.64. The topological polar surface area (TPSA) is 544 Å². The molecule has 0 radical (unpaired) electrons. The average Bonchev–Trinajstić information content (AvgIpc) is 1.65. The van der Waals surface area contributed by atoms with Crippen LogP contribution in [0.25, 0.3) is 0 Å². The minimum atomic E-state index is -1.39. The molecule has 15 unspecified atom stereocenters. The molecule has 0 bridgehead atoms. The van der Waals surface area contributed by atoms with Gasteiger partial charge in [0, 0.05) is 112 Å². The summed E-state index contributed by atoms with van der Waals surface area (Å²) < 4.78 is 86.1. The molecular weight excluding hydrogens is 1730 g/mol. The van der Waals surface area contributed by atoms with Crippen LogP contribution in [0.15, 0.2) is 36.4 Å². The van der Waals surface area contributed by atoms with Gasteiger partial charge in [0.15, 0.2) is 18.9 Å². The van der Waals surface area contributed by atoms with E-state index in [1.54, 1.807) is 13.8 Å². The van der Waals surface area contributed by atoms with Gasteiger partial charge in [-0.3, -0.25) is 47.9 Å². The van der Waals surface area contributed by atoms with Crippen LogP contribution in [-0.2, 0) is 162 Å². The van der Waals surface area contributed by atoms with Crippen molar-refractivity contribution >= 4 is 106 Å². The highest BCUT2D eigenvalue weighted by Crippen LogP contribution is 2.36. The van der Waals surface area contributed by atoms with Crippen LogP contribution in [0.1, 0.15) is 243 Å². The first kappa shape index (κ1) is 109. The lowest BCUT2D eigenvalue weighted by molar-refractivity contribution is -0.272. The summed E-state index contributed by atoms with van der Waals surface area (Å²) in [7, 11) is 0. The maximum Gasteiger partial charge on any atom is 0.347 e. The Labute approximate surface area is 758 Å². The Bertz CT molecular complexity index is 4420. The minimum absolute atomic E-state index is 0.0573. The minimum Gasteiger partial charge on any atom is -0.463 e. The predicted octanol–water partition coefficient (Wildman–Crippen LogP) is 4.82. The van der Waals surface area contributed by atoms with Crippen LogP contribution >= 0.6 is 11.6 Å². The molecule has 6 aliphatic rings. The van der Waals surface area contributed by atoms with Gasteiger partial charge in [-0.25, -0.2) is 28.8 Å². The van der Waals surface area contributed by atoms with Crippen LogP contribution < -0.4 is 21.7 Å². The number of rotatable bonds is 47. The van der Waals surface area contributed by atoms with Crippen molar-refractivity contribution in [3.8, 4) is 0 Å². The zero-order chi connectivity index (χ0) is 96.0. The largest absolute Gasteiger partial charge is 0.463 e. The Balaban J connectivity index is 0.000000279. The van der Waals surface area contributed by atoms with Gasteiger partial charge in [0.25, 0.3) is 0 Å². The van der Waals surface area contributed by atoms with Crippen LogP contribution in [-0.4, -0.2) is 275 Å². The molecule has 3 fully saturated rings. The second kappa shape index (κ2) is 55.5. The molecule has 6 aliphatic heterocycles. The van der Waals surface area contributed by atoms with E-state index < -0.39 is 163 Å². The molecule has 3 saturated heterocycles. The Hall–Kier alpha value is -9.85. The molecule has 0 spiro atoms. The van der Waals surface area contributed by atoms with E-state index in [4.69, 9.17) is 88.4 Å². The predicted molar refractivity (Wildman–Crippen MR) is 455 cm³/mol. The van der Waals surface area contributed by atoms with Gasteiger partial charge >= 0.3 is 59.7 Å². The molecule has 6 heterocycles. The highest BCUT2D eigenvalue weighted by molar-refractivity contribution is 6.63. The molecule has 0 saturated carbocycles. The number of aryl methyl sites for hydroxylation is 6. The molecule has 8 N–H and O–H groups in total. The van der Waals surface area contributed by atoms with Gasteiger partial charge in [0.05, 0.1) is 98.3 Å². The monoisotopic (exact) mass is 1850 g/mol. The number of nitrogens with one attached hydrogen (secondary N) is 3. The Kier molecular flexibility index (Phi) is 46.5. The molecule has 3 aromatic rings. The number of hydrogen-bond donors (Lipinski definition) is 7. The summed E-state index contributed by atoms with van der Waals surface area (Å²) >= 11 is 5.28. The number of ketones is 2. The number of Topliss-reactive ketones (excluding diaryl/α,β-unsaturated/α-hetero) is 2. The van der Waals surface area contributed by atoms with Crippen molar-refractivity contribution in [2.24, 2.45) is 17.6 Å². The lowest BCUT2D eigenvalue weighted by Gasteiger charge is -2.44. The fourth-order valence-electron chi connectivity index (χ4n) is 15.4. The van der Waals surface area contributed by atoms with Crippen LogP contribution in [0.5, 0.6) is 0 Å². The first-order valence-corrected chi connectivity index (χ1v) is 43.9. The van der Waals surface area contributed by atoms with E-state index in [1.807, 2.05) is 57.2 Å². The maximum absolute atomic E-state index is 12.4. The van der Waals surface area contributed by atoms with Gasteiger partial charge < -0.3 is 113 Å². The third kappa shape index (κ3) is 33.5. The average molecular weight is 1860 g/mol. The van der Waals surface area contributed by atoms with E-state index in [0.717, 1.165) is 22.3 Å². The zero-order valence-electron chi connectivity index (χ0n) is 75.5. The van der Waals surface area contributed by atoms with Crippen molar-refractivity contribution in [2.75, 3.05) is 85.8 Å². The van der Waals surface area contributed by atoms with E-state index >= 15 is 0 Å². The number of fused-ring (bicyclic) bond motifs is 3. The van der Waals surface area contributed by atoms with Crippen molar-refractivity contribution in [1.82, 2.24) is 16.0 Å². The summed E-state index contributed by atoms with van der Waals surface area (Å²) in [5.41, 5.74) is 11.9. The third-order valence-electron chi connectivity index (χ3n) is 21.6. The number of hydrogen-bond acceptors (Lipinski definition) is 36. The zero-order valence-corrected chi connectivity index (χ0v) is 76.2. The number of cyclic esters (lactones) is 6. The normalized spacial score (nSPS) is 22.8.